The normalized spacial score (nSPS) is 11.9. The Hall–Kier alpha value is -4.75. The van der Waals surface area contributed by atoms with Gasteiger partial charge in [-0.05, 0) is 60.8 Å². The summed E-state index contributed by atoms with van der Waals surface area (Å²) in [6.07, 6.45) is 1.32. The molecule has 4 aromatic rings. The Kier molecular flexibility index (Phi) is 8.22. The molecule has 0 saturated carbocycles. The first kappa shape index (κ1) is 27.3. The van der Waals surface area contributed by atoms with Crippen LogP contribution in [0.2, 0.25) is 0 Å². The van der Waals surface area contributed by atoms with Gasteiger partial charge in [-0.2, -0.15) is 0 Å². The lowest BCUT2D eigenvalue weighted by Gasteiger charge is -2.13. The quantitative estimate of drug-likeness (QED) is 0.192. The number of fused-ring (bicyclic) bond motifs is 1. The van der Waals surface area contributed by atoms with Crippen LogP contribution >= 0.6 is 0 Å². The summed E-state index contributed by atoms with van der Waals surface area (Å²) in [6, 6.07) is 14.0. The highest BCUT2D eigenvalue weighted by Gasteiger charge is 2.21. The number of nitrogens with one attached hydrogen (secondary N) is 1. The lowest BCUT2D eigenvalue weighted by molar-refractivity contribution is -0.385. The van der Waals surface area contributed by atoms with Crippen molar-refractivity contribution in [2.45, 2.75) is 25.4 Å². The van der Waals surface area contributed by atoms with Crippen molar-refractivity contribution in [3.8, 4) is 11.1 Å². The van der Waals surface area contributed by atoms with E-state index in [2.05, 4.69) is 10.3 Å². The zero-order valence-electron chi connectivity index (χ0n) is 20.7. The van der Waals surface area contributed by atoms with Crippen molar-refractivity contribution in [1.29, 1.82) is 0 Å². The van der Waals surface area contributed by atoms with Gasteiger partial charge < -0.3 is 21.4 Å². The van der Waals surface area contributed by atoms with E-state index in [0.29, 0.717) is 41.5 Å². The van der Waals surface area contributed by atoms with Gasteiger partial charge in [0.15, 0.2) is 5.82 Å². The first-order valence-electron chi connectivity index (χ1n) is 12.1. The number of hydrogen-bond acceptors (Lipinski definition) is 8. The van der Waals surface area contributed by atoms with Crippen molar-refractivity contribution in [3.63, 3.8) is 0 Å². The number of halogens is 1. The molecule has 1 aromatic heterocycles. The fourth-order valence-corrected chi connectivity index (χ4v) is 4.17. The Bertz CT molecular complexity index is 1540. The van der Waals surface area contributed by atoms with Crippen molar-refractivity contribution in [3.05, 3.63) is 98.1 Å². The number of aromatic nitrogens is 2. The van der Waals surface area contributed by atoms with E-state index < -0.39 is 21.6 Å². The lowest BCUT2D eigenvalue weighted by atomic mass is 10.0. The minimum Gasteiger partial charge on any atom is -0.348 e. The van der Waals surface area contributed by atoms with Crippen LogP contribution in [0.1, 0.15) is 29.0 Å². The van der Waals surface area contributed by atoms with Crippen LogP contribution in [0.5, 0.6) is 0 Å². The molecule has 0 saturated heterocycles. The third-order valence-electron chi connectivity index (χ3n) is 6.24. The van der Waals surface area contributed by atoms with Crippen LogP contribution in [0.3, 0.4) is 0 Å². The number of nitro groups is 2. The van der Waals surface area contributed by atoms with E-state index in [4.69, 9.17) is 11.5 Å². The number of nitro benzene ring substituents is 2. The molecule has 0 radical (unpaired) electrons. The van der Waals surface area contributed by atoms with Crippen LogP contribution in [0.4, 0.5) is 15.8 Å². The molecule has 1 heterocycles. The highest BCUT2D eigenvalue weighted by molar-refractivity contribution is 5.95. The van der Waals surface area contributed by atoms with Crippen LogP contribution in [0, 0.1) is 26.0 Å². The molecule has 0 aliphatic carbocycles. The predicted molar refractivity (Wildman–Crippen MR) is 143 cm³/mol. The van der Waals surface area contributed by atoms with E-state index in [-0.39, 0.29) is 41.9 Å². The number of carbonyl (C=O) groups excluding carboxylic acids is 1. The van der Waals surface area contributed by atoms with Crippen LogP contribution < -0.4 is 16.8 Å². The van der Waals surface area contributed by atoms with E-state index in [9.17, 15) is 29.4 Å². The van der Waals surface area contributed by atoms with Crippen LogP contribution in [-0.2, 0) is 6.54 Å². The van der Waals surface area contributed by atoms with Crippen molar-refractivity contribution >= 4 is 28.3 Å². The lowest BCUT2D eigenvalue weighted by Crippen LogP contribution is -2.38. The number of nitrogens with two attached hydrogens (primary N) is 2. The molecular weight excluding hydrogens is 509 g/mol. The molecule has 4 rings (SSSR count). The average Bonchev–Trinajstić information content (AvgIpc) is 3.29. The Balaban J connectivity index is 1.74. The SMILES string of the molecule is NCCC[C@H](N)CNC(=O)c1nc2cc(-c3ccc([N+](=O)[O-])cc3)ccc2n1Cc1cc([N+](=O)[O-])ccc1F. The molecule has 0 bridgehead atoms. The smallest absolute Gasteiger partial charge is 0.287 e. The maximum absolute atomic E-state index is 14.7. The highest BCUT2D eigenvalue weighted by Crippen LogP contribution is 2.28. The van der Waals surface area contributed by atoms with Crippen LogP contribution in [-0.4, -0.2) is 44.4 Å². The molecule has 39 heavy (non-hydrogen) atoms. The Labute approximate surface area is 221 Å². The van der Waals surface area contributed by atoms with E-state index in [0.717, 1.165) is 18.2 Å². The number of benzene rings is 3. The van der Waals surface area contributed by atoms with Gasteiger partial charge in [-0.25, -0.2) is 9.37 Å². The molecular formula is C26H26FN7O5. The summed E-state index contributed by atoms with van der Waals surface area (Å²) in [5.41, 5.74) is 13.5. The number of amides is 1. The first-order chi connectivity index (χ1) is 18.7. The van der Waals surface area contributed by atoms with Crippen molar-refractivity contribution < 1.29 is 19.0 Å². The second-order valence-corrected chi connectivity index (χ2v) is 8.96. The summed E-state index contributed by atoms with van der Waals surface area (Å²) in [4.78, 5) is 38.8. The largest absolute Gasteiger partial charge is 0.348 e. The third-order valence-corrected chi connectivity index (χ3v) is 6.24. The molecule has 0 spiro atoms. The van der Waals surface area contributed by atoms with Gasteiger partial charge in [0.2, 0.25) is 0 Å². The molecule has 13 heteroatoms. The third kappa shape index (κ3) is 6.22. The number of hydrogen-bond donors (Lipinski definition) is 3. The van der Waals surface area contributed by atoms with Gasteiger partial charge in [0.25, 0.3) is 17.3 Å². The topological polar surface area (TPSA) is 185 Å². The molecule has 0 aliphatic heterocycles. The molecule has 0 unspecified atom stereocenters. The fourth-order valence-electron chi connectivity index (χ4n) is 4.17. The number of imidazole rings is 1. The van der Waals surface area contributed by atoms with Crippen molar-refractivity contribution in [2.75, 3.05) is 13.1 Å². The van der Waals surface area contributed by atoms with E-state index in [1.165, 1.54) is 16.7 Å². The van der Waals surface area contributed by atoms with Gasteiger partial charge in [0.1, 0.15) is 5.82 Å². The number of non-ortho nitro benzene ring substituents is 2. The monoisotopic (exact) mass is 535 g/mol. The van der Waals surface area contributed by atoms with E-state index in [1.807, 2.05) is 0 Å². The minimum atomic E-state index is -0.667. The van der Waals surface area contributed by atoms with E-state index in [1.54, 1.807) is 30.3 Å². The van der Waals surface area contributed by atoms with E-state index >= 15 is 0 Å². The minimum absolute atomic E-state index is 0.0108. The molecule has 1 amide bonds. The van der Waals surface area contributed by atoms with Crippen LogP contribution in [0.25, 0.3) is 22.2 Å². The second-order valence-electron chi connectivity index (χ2n) is 8.96. The standard InChI is InChI=1S/C26H26FN7O5/c27-22-9-8-21(34(38)39)12-18(22)15-32-24-10-5-17(16-3-6-20(7-4-16)33(36)37)13-23(24)31-25(32)26(35)30-14-19(29)2-1-11-28/h3-10,12-13,19H,1-2,11,14-15,28-29H2,(H,30,35)/t19-/m0/s1. The van der Waals surface area contributed by atoms with Gasteiger partial charge in [-0.1, -0.05) is 6.07 Å². The maximum atomic E-state index is 14.7. The average molecular weight is 536 g/mol. The number of carbonyl (C=O) groups is 1. The molecule has 3 aromatic carbocycles. The molecule has 1 atom stereocenters. The van der Waals surface area contributed by atoms with Gasteiger partial charge >= 0.3 is 0 Å². The predicted octanol–water partition coefficient (Wildman–Crippen LogP) is 3.50. The van der Waals surface area contributed by atoms with Gasteiger partial charge in [0, 0.05) is 42.4 Å². The molecule has 202 valence electrons. The Morgan fingerprint density at radius 1 is 1.00 bits per heavy atom. The number of nitrogens with zero attached hydrogens (tertiary/aromatic N) is 4. The van der Waals surface area contributed by atoms with Gasteiger partial charge in [-0.3, -0.25) is 25.0 Å². The summed E-state index contributed by atoms with van der Waals surface area (Å²) in [5, 5.41) is 25.0. The zero-order chi connectivity index (χ0) is 28.1. The van der Waals surface area contributed by atoms with Crippen molar-refractivity contribution in [2.24, 2.45) is 11.5 Å². The van der Waals surface area contributed by atoms with Gasteiger partial charge in [0.05, 0.1) is 27.4 Å². The second kappa shape index (κ2) is 11.8. The maximum Gasteiger partial charge on any atom is 0.287 e. The highest BCUT2D eigenvalue weighted by atomic mass is 19.1. The first-order valence-corrected chi connectivity index (χ1v) is 12.1. The Morgan fingerprint density at radius 2 is 1.67 bits per heavy atom. The van der Waals surface area contributed by atoms with Gasteiger partial charge in [-0.15, -0.1) is 0 Å². The molecule has 0 fully saturated rings. The summed E-state index contributed by atoms with van der Waals surface area (Å²) >= 11 is 0. The summed E-state index contributed by atoms with van der Waals surface area (Å²) in [6.45, 7) is 0.452. The molecule has 12 nitrogen and oxygen atoms in total. The van der Waals surface area contributed by atoms with Crippen LogP contribution in [0.15, 0.2) is 60.7 Å². The summed E-state index contributed by atoms with van der Waals surface area (Å²) in [7, 11) is 0. The summed E-state index contributed by atoms with van der Waals surface area (Å²) < 4.78 is 16.2. The molecule has 5 N–H and O–H groups in total. The fraction of sp³-hybridized carbons (Fsp3) is 0.231. The molecule has 0 aliphatic rings. The summed E-state index contributed by atoms with van der Waals surface area (Å²) in [5.74, 6) is -1.24. The zero-order valence-corrected chi connectivity index (χ0v) is 20.7. The number of rotatable bonds is 11. The Morgan fingerprint density at radius 3 is 2.33 bits per heavy atom. The van der Waals surface area contributed by atoms with Crippen molar-refractivity contribution in [1.82, 2.24) is 14.9 Å².